The molecule has 0 atom stereocenters. The zero-order chi connectivity index (χ0) is 14.4. The number of H-pyrrole nitrogens is 1. The zero-order valence-corrected chi connectivity index (χ0v) is 10.8. The summed E-state index contributed by atoms with van der Waals surface area (Å²) in [5.74, 6) is 0.177. The van der Waals surface area contributed by atoms with E-state index in [1.165, 1.54) is 6.21 Å². The van der Waals surface area contributed by atoms with Crippen LogP contribution in [0.3, 0.4) is 0 Å². The number of hydrogen-bond donors (Lipinski definition) is 1. The molecular weight excluding hydrogens is 266 g/mol. The van der Waals surface area contributed by atoms with Crippen molar-refractivity contribution in [3.63, 3.8) is 0 Å². The van der Waals surface area contributed by atoms with E-state index < -0.39 is 0 Å². The van der Waals surface area contributed by atoms with Gasteiger partial charge in [0.15, 0.2) is 0 Å². The van der Waals surface area contributed by atoms with Crippen molar-refractivity contribution in [3.05, 3.63) is 63.9 Å². The number of aromatic amines is 1. The fraction of sp³-hybridized carbons (Fsp3) is 0. The number of benzene rings is 2. The lowest BCUT2D eigenvalue weighted by Gasteiger charge is -2.04. The topological polar surface area (TPSA) is 75.2 Å². The quantitative estimate of drug-likeness (QED) is 0.739. The predicted molar refractivity (Wildman–Crippen MR) is 79.7 cm³/mol. The molecule has 100 valence electrons. The summed E-state index contributed by atoms with van der Waals surface area (Å²) in [6.07, 6.45) is 1.54. The lowest BCUT2D eigenvalue weighted by molar-refractivity contribution is 0.101. The van der Waals surface area contributed by atoms with Crippen molar-refractivity contribution in [2.45, 2.75) is 0 Å². The molecular formula is C16H9N3O2. The maximum absolute atomic E-state index is 12.1. The molecule has 3 aromatic rings. The van der Waals surface area contributed by atoms with Crippen molar-refractivity contribution in [3.8, 4) is 11.4 Å². The fourth-order valence-corrected chi connectivity index (χ4v) is 2.42. The Balaban J connectivity index is 1.94. The molecule has 1 aromatic heterocycles. The van der Waals surface area contributed by atoms with Crippen LogP contribution in [-0.4, -0.2) is 22.1 Å². The maximum Gasteiger partial charge on any atom is 0.277 e. The van der Waals surface area contributed by atoms with Gasteiger partial charge in [-0.3, -0.25) is 9.59 Å². The van der Waals surface area contributed by atoms with Gasteiger partial charge in [0.25, 0.3) is 11.5 Å². The number of hydrogen-bond acceptors (Lipinski definition) is 3. The Hall–Kier alpha value is -3.08. The molecule has 21 heavy (non-hydrogen) atoms. The van der Waals surface area contributed by atoms with Crippen molar-refractivity contribution < 1.29 is 4.79 Å². The second kappa shape index (κ2) is 4.21. The number of aromatic nitrogens is 2. The largest absolute Gasteiger partial charge is 0.306 e. The van der Waals surface area contributed by atoms with E-state index in [1.54, 1.807) is 30.3 Å². The monoisotopic (exact) mass is 275 g/mol. The standard InChI is InChI=1S/C16H9N3O2/c20-15-12-7-9(5-6-10(12)8-17-15)14-18-13-4-2-1-3-11(13)16(21)19-14/h1-8H,(H,18,19,21). The molecule has 4 rings (SSSR count). The van der Waals surface area contributed by atoms with Crippen LogP contribution in [0.25, 0.3) is 22.3 Å². The van der Waals surface area contributed by atoms with Crippen LogP contribution >= 0.6 is 0 Å². The first-order valence-electron chi connectivity index (χ1n) is 6.44. The van der Waals surface area contributed by atoms with Crippen LogP contribution in [0.4, 0.5) is 0 Å². The number of para-hydroxylation sites is 1. The molecule has 0 fully saturated rings. The van der Waals surface area contributed by atoms with Crippen LogP contribution in [0.5, 0.6) is 0 Å². The van der Waals surface area contributed by atoms with Gasteiger partial charge in [-0.05, 0) is 18.2 Å². The second-order valence-corrected chi connectivity index (χ2v) is 4.80. The minimum Gasteiger partial charge on any atom is -0.306 e. The van der Waals surface area contributed by atoms with Gasteiger partial charge in [0.1, 0.15) is 5.82 Å². The maximum atomic E-state index is 12.1. The van der Waals surface area contributed by atoms with Crippen LogP contribution in [-0.2, 0) is 0 Å². The molecule has 1 aliphatic heterocycles. The number of nitrogens with one attached hydrogen (secondary N) is 1. The van der Waals surface area contributed by atoms with Crippen molar-refractivity contribution in [2.24, 2.45) is 4.99 Å². The SMILES string of the molecule is O=C1N=Cc2ccc(-c3nc4ccccc4c(=O)[nH]3)cc21. The average molecular weight is 275 g/mol. The molecule has 0 spiro atoms. The van der Waals surface area contributed by atoms with Crippen molar-refractivity contribution in [2.75, 3.05) is 0 Å². The number of rotatable bonds is 1. The van der Waals surface area contributed by atoms with E-state index in [0.29, 0.717) is 27.9 Å². The van der Waals surface area contributed by atoms with Crippen LogP contribution in [0, 0.1) is 0 Å². The number of carbonyl (C=O) groups is 1. The van der Waals surface area contributed by atoms with Crippen molar-refractivity contribution in [1.29, 1.82) is 0 Å². The van der Waals surface area contributed by atoms with E-state index >= 15 is 0 Å². The highest BCUT2D eigenvalue weighted by Gasteiger charge is 2.16. The number of aliphatic imine (C=N–C) groups is 1. The Morgan fingerprint density at radius 2 is 1.86 bits per heavy atom. The molecule has 2 heterocycles. The Morgan fingerprint density at radius 3 is 2.76 bits per heavy atom. The lowest BCUT2D eigenvalue weighted by atomic mass is 10.1. The molecule has 1 aliphatic rings. The highest BCUT2D eigenvalue weighted by atomic mass is 16.1. The molecule has 0 aliphatic carbocycles. The molecule has 0 bridgehead atoms. The van der Waals surface area contributed by atoms with E-state index in [2.05, 4.69) is 15.0 Å². The van der Waals surface area contributed by atoms with E-state index in [0.717, 1.165) is 5.56 Å². The minimum atomic E-state index is -0.269. The number of nitrogens with zero attached hydrogens (tertiary/aromatic N) is 2. The zero-order valence-electron chi connectivity index (χ0n) is 10.8. The Bertz CT molecular complexity index is 986. The molecule has 0 saturated heterocycles. The second-order valence-electron chi connectivity index (χ2n) is 4.80. The minimum absolute atomic E-state index is 0.196. The van der Waals surface area contributed by atoms with Crippen LogP contribution in [0.15, 0.2) is 52.3 Å². The summed E-state index contributed by atoms with van der Waals surface area (Å²) in [5, 5.41) is 0.543. The van der Waals surface area contributed by atoms with Gasteiger partial charge in [0.05, 0.1) is 16.5 Å². The molecule has 0 saturated carbocycles. The molecule has 1 N–H and O–H groups in total. The molecule has 1 amide bonds. The molecule has 0 radical (unpaired) electrons. The first-order valence-corrected chi connectivity index (χ1v) is 6.44. The van der Waals surface area contributed by atoms with Crippen LogP contribution < -0.4 is 5.56 Å². The van der Waals surface area contributed by atoms with E-state index in [4.69, 9.17) is 0 Å². The predicted octanol–water partition coefficient (Wildman–Crippen LogP) is 2.16. The Labute approximate surface area is 119 Å². The van der Waals surface area contributed by atoms with Crippen LogP contribution in [0.1, 0.15) is 15.9 Å². The summed E-state index contributed by atoms with van der Waals surface area (Å²) in [4.78, 5) is 34.7. The molecule has 5 nitrogen and oxygen atoms in total. The number of fused-ring (bicyclic) bond motifs is 2. The van der Waals surface area contributed by atoms with Gasteiger partial charge < -0.3 is 4.98 Å². The van der Waals surface area contributed by atoms with Crippen molar-refractivity contribution >= 4 is 23.0 Å². The number of carbonyl (C=O) groups excluding carboxylic acids is 1. The highest BCUT2D eigenvalue weighted by Crippen LogP contribution is 2.22. The summed E-state index contributed by atoms with van der Waals surface area (Å²) in [6, 6.07) is 12.5. The number of amides is 1. The van der Waals surface area contributed by atoms with Crippen LogP contribution in [0.2, 0.25) is 0 Å². The van der Waals surface area contributed by atoms with E-state index in [1.807, 2.05) is 12.1 Å². The van der Waals surface area contributed by atoms with Gasteiger partial charge in [-0.25, -0.2) is 9.98 Å². The van der Waals surface area contributed by atoms with Gasteiger partial charge in [0, 0.05) is 17.3 Å². The molecule has 5 heteroatoms. The molecule has 0 unspecified atom stereocenters. The summed E-state index contributed by atoms with van der Waals surface area (Å²) in [5.41, 5.74) is 2.43. The molecule has 2 aromatic carbocycles. The summed E-state index contributed by atoms with van der Waals surface area (Å²) >= 11 is 0. The van der Waals surface area contributed by atoms with Gasteiger partial charge in [-0.2, -0.15) is 0 Å². The first kappa shape index (κ1) is 11.7. The summed E-state index contributed by atoms with van der Waals surface area (Å²) in [7, 11) is 0. The summed E-state index contributed by atoms with van der Waals surface area (Å²) < 4.78 is 0. The Morgan fingerprint density at radius 1 is 1.00 bits per heavy atom. The third-order valence-corrected chi connectivity index (χ3v) is 3.49. The van der Waals surface area contributed by atoms with Gasteiger partial charge in [-0.1, -0.05) is 24.3 Å². The van der Waals surface area contributed by atoms with E-state index in [9.17, 15) is 9.59 Å². The van der Waals surface area contributed by atoms with Gasteiger partial charge >= 0.3 is 0 Å². The van der Waals surface area contributed by atoms with E-state index in [-0.39, 0.29) is 11.5 Å². The van der Waals surface area contributed by atoms with Gasteiger partial charge in [0.2, 0.25) is 0 Å². The third kappa shape index (κ3) is 1.79. The fourth-order valence-electron chi connectivity index (χ4n) is 2.42. The first-order chi connectivity index (χ1) is 10.2. The lowest BCUT2D eigenvalue weighted by Crippen LogP contribution is -2.09. The summed E-state index contributed by atoms with van der Waals surface area (Å²) in [6.45, 7) is 0. The third-order valence-electron chi connectivity index (χ3n) is 3.49. The smallest absolute Gasteiger partial charge is 0.277 e. The van der Waals surface area contributed by atoms with Gasteiger partial charge in [-0.15, -0.1) is 0 Å². The highest BCUT2D eigenvalue weighted by molar-refractivity contribution is 6.13. The Kier molecular flexibility index (Phi) is 2.35. The average Bonchev–Trinajstić information content (AvgIpc) is 2.88. The van der Waals surface area contributed by atoms with Crippen molar-refractivity contribution in [1.82, 2.24) is 9.97 Å². The normalized spacial score (nSPS) is 12.9.